The van der Waals surface area contributed by atoms with E-state index in [1.807, 2.05) is 36.4 Å². The molecular weight excluding hydrogens is 394 g/mol. The van der Waals surface area contributed by atoms with Gasteiger partial charge in [0.05, 0.1) is 29.4 Å². The SMILES string of the molecule is C=CC(=O)Nc1ccccc1C(=O)Nc1n[nH]c2nc(-c3cccc(OC)c3)ccc12. The van der Waals surface area contributed by atoms with Gasteiger partial charge in [0, 0.05) is 5.56 Å². The van der Waals surface area contributed by atoms with Crippen LogP contribution in [0.15, 0.2) is 73.3 Å². The van der Waals surface area contributed by atoms with E-state index in [1.54, 1.807) is 31.4 Å². The predicted molar refractivity (Wildman–Crippen MR) is 119 cm³/mol. The molecule has 0 saturated carbocycles. The molecule has 0 fully saturated rings. The summed E-state index contributed by atoms with van der Waals surface area (Å²) in [5, 5.41) is 13.1. The average molecular weight is 413 g/mol. The van der Waals surface area contributed by atoms with Gasteiger partial charge in [0.25, 0.3) is 5.91 Å². The number of pyridine rings is 1. The lowest BCUT2D eigenvalue weighted by Crippen LogP contribution is -2.17. The summed E-state index contributed by atoms with van der Waals surface area (Å²) in [7, 11) is 1.61. The van der Waals surface area contributed by atoms with Crippen molar-refractivity contribution in [2.75, 3.05) is 17.7 Å². The van der Waals surface area contributed by atoms with Gasteiger partial charge in [-0.15, -0.1) is 0 Å². The van der Waals surface area contributed by atoms with E-state index in [2.05, 4.69) is 32.4 Å². The van der Waals surface area contributed by atoms with E-state index in [0.717, 1.165) is 23.1 Å². The average Bonchev–Trinajstić information content (AvgIpc) is 3.21. The summed E-state index contributed by atoms with van der Waals surface area (Å²) in [5.74, 6) is 0.263. The molecule has 4 rings (SSSR count). The quantitative estimate of drug-likeness (QED) is 0.414. The lowest BCUT2D eigenvalue weighted by Gasteiger charge is -2.09. The van der Waals surface area contributed by atoms with Crippen LogP contribution in [0, 0.1) is 0 Å². The number of ether oxygens (including phenoxy) is 1. The van der Waals surface area contributed by atoms with E-state index in [4.69, 9.17) is 4.74 Å². The third-order valence-corrected chi connectivity index (χ3v) is 4.64. The second kappa shape index (κ2) is 8.50. The zero-order valence-electron chi connectivity index (χ0n) is 16.7. The summed E-state index contributed by atoms with van der Waals surface area (Å²) in [6.07, 6.45) is 1.14. The number of nitrogens with one attached hydrogen (secondary N) is 3. The highest BCUT2D eigenvalue weighted by Crippen LogP contribution is 2.27. The Morgan fingerprint density at radius 1 is 1.06 bits per heavy atom. The number of methoxy groups -OCH3 is 1. The molecule has 0 unspecified atom stereocenters. The van der Waals surface area contributed by atoms with Crippen LogP contribution in [0.25, 0.3) is 22.3 Å². The van der Waals surface area contributed by atoms with E-state index in [-0.39, 0.29) is 0 Å². The summed E-state index contributed by atoms with van der Waals surface area (Å²) in [6.45, 7) is 3.42. The van der Waals surface area contributed by atoms with Crippen LogP contribution < -0.4 is 15.4 Å². The highest BCUT2D eigenvalue weighted by atomic mass is 16.5. The van der Waals surface area contributed by atoms with Gasteiger partial charge in [-0.1, -0.05) is 30.8 Å². The molecule has 8 heteroatoms. The van der Waals surface area contributed by atoms with Crippen LogP contribution in [0.1, 0.15) is 10.4 Å². The Bertz CT molecular complexity index is 1300. The number of hydrogen-bond donors (Lipinski definition) is 3. The molecule has 0 spiro atoms. The fraction of sp³-hybridized carbons (Fsp3) is 0.0435. The van der Waals surface area contributed by atoms with Crippen molar-refractivity contribution < 1.29 is 14.3 Å². The molecule has 2 aromatic heterocycles. The number of carbonyl (C=O) groups excluding carboxylic acids is 2. The normalized spacial score (nSPS) is 10.5. The van der Waals surface area contributed by atoms with Crippen molar-refractivity contribution in [1.82, 2.24) is 15.2 Å². The number of anilines is 2. The first-order valence-corrected chi connectivity index (χ1v) is 9.42. The van der Waals surface area contributed by atoms with Gasteiger partial charge in [-0.25, -0.2) is 4.98 Å². The van der Waals surface area contributed by atoms with Crippen LogP contribution >= 0.6 is 0 Å². The van der Waals surface area contributed by atoms with Crippen molar-refractivity contribution in [3.63, 3.8) is 0 Å². The maximum absolute atomic E-state index is 12.8. The van der Waals surface area contributed by atoms with Crippen LogP contribution in [-0.2, 0) is 4.79 Å². The largest absolute Gasteiger partial charge is 0.497 e. The topological polar surface area (TPSA) is 109 Å². The number of aromatic amines is 1. The van der Waals surface area contributed by atoms with E-state index in [1.165, 1.54) is 0 Å². The fourth-order valence-corrected chi connectivity index (χ4v) is 3.09. The van der Waals surface area contributed by atoms with Gasteiger partial charge < -0.3 is 15.4 Å². The van der Waals surface area contributed by atoms with E-state index < -0.39 is 11.8 Å². The minimum absolute atomic E-state index is 0.301. The molecular formula is C23H19N5O3. The molecule has 0 aliphatic heterocycles. The Morgan fingerprint density at radius 2 is 1.90 bits per heavy atom. The second-order valence-electron chi connectivity index (χ2n) is 6.59. The van der Waals surface area contributed by atoms with Crippen LogP contribution in [0.2, 0.25) is 0 Å². The van der Waals surface area contributed by atoms with Crippen molar-refractivity contribution in [2.24, 2.45) is 0 Å². The Kier molecular flexibility index (Phi) is 5.44. The highest BCUT2D eigenvalue weighted by molar-refractivity contribution is 6.12. The van der Waals surface area contributed by atoms with Crippen LogP contribution in [0.4, 0.5) is 11.5 Å². The van der Waals surface area contributed by atoms with Crippen LogP contribution in [-0.4, -0.2) is 34.1 Å². The van der Waals surface area contributed by atoms with Gasteiger partial charge in [-0.2, -0.15) is 5.10 Å². The predicted octanol–water partition coefficient (Wildman–Crippen LogP) is 4.01. The number of carbonyl (C=O) groups is 2. The number of rotatable bonds is 6. The molecule has 154 valence electrons. The van der Waals surface area contributed by atoms with Gasteiger partial charge in [-0.3, -0.25) is 14.7 Å². The van der Waals surface area contributed by atoms with Gasteiger partial charge in [0.2, 0.25) is 5.91 Å². The van der Waals surface area contributed by atoms with Gasteiger partial charge in [0.1, 0.15) is 5.75 Å². The first kappa shape index (κ1) is 19.8. The standard InChI is InChI=1S/C23H19N5O3/c1-3-20(29)24-19-10-5-4-9-16(19)23(30)26-22-17-11-12-18(25-21(17)27-28-22)14-7-6-8-15(13-14)31-2/h3-13H,1H2,2H3,(H,24,29)(H2,25,26,27,28,30). The maximum Gasteiger partial charge on any atom is 0.258 e. The molecule has 0 aliphatic carbocycles. The number of fused-ring (bicyclic) bond motifs is 1. The Balaban J connectivity index is 1.61. The molecule has 31 heavy (non-hydrogen) atoms. The molecule has 2 aromatic carbocycles. The molecule has 0 bridgehead atoms. The molecule has 8 nitrogen and oxygen atoms in total. The van der Waals surface area contributed by atoms with Crippen LogP contribution in [0.3, 0.4) is 0 Å². The summed E-state index contributed by atoms with van der Waals surface area (Å²) in [6, 6.07) is 18.0. The van der Waals surface area contributed by atoms with Crippen LogP contribution in [0.5, 0.6) is 5.75 Å². The molecule has 2 amide bonds. The number of amides is 2. The highest BCUT2D eigenvalue weighted by Gasteiger charge is 2.16. The number of para-hydroxylation sites is 1. The second-order valence-corrected chi connectivity index (χ2v) is 6.59. The molecule has 2 heterocycles. The molecule has 0 atom stereocenters. The third kappa shape index (κ3) is 4.13. The first-order chi connectivity index (χ1) is 15.1. The van der Waals surface area contributed by atoms with Crippen molar-refractivity contribution in [2.45, 2.75) is 0 Å². The minimum Gasteiger partial charge on any atom is -0.497 e. The number of nitrogens with zero attached hydrogens (tertiary/aromatic N) is 2. The maximum atomic E-state index is 12.8. The number of aromatic nitrogens is 3. The Labute approximate surface area is 178 Å². The lowest BCUT2D eigenvalue weighted by molar-refractivity contribution is -0.111. The number of benzene rings is 2. The minimum atomic E-state index is -0.412. The van der Waals surface area contributed by atoms with E-state index in [0.29, 0.717) is 28.1 Å². The molecule has 3 N–H and O–H groups in total. The smallest absolute Gasteiger partial charge is 0.258 e. The first-order valence-electron chi connectivity index (χ1n) is 9.42. The molecule has 0 saturated heterocycles. The summed E-state index contributed by atoms with van der Waals surface area (Å²) in [5.41, 5.74) is 2.85. The summed E-state index contributed by atoms with van der Waals surface area (Å²) < 4.78 is 5.27. The molecule has 0 radical (unpaired) electrons. The monoisotopic (exact) mass is 413 g/mol. The van der Waals surface area contributed by atoms with E-state index >= 15 is 0 Å². The zero-order chi connectivity index (χ0) is 21.8. The number of H-pyrrole nitrogens is 1. The summed E-state index contributed by atoms with van der Waals surface area (Å²) >= 11 is 0. The lowest BCUT2D eigenvalue weighted by atomic mass is 10.1. The van der Waals surface area contributed by atoms with Gasteiger partial charge >= 0.3 is 0 Å². The van der Waals surface area contributed by atoms with Crippen molar-refractivity contribution >= 4 is 34.4 Å². The fourth-order valence-electron chi connectivity index (χ4n) is 3.09. The zero-order valence-corrected chi connectivity index (χ0v) is 16.7. The van der Waals surface area contributed by atoms with Crippen molar-refractivity contribution in [3.8, 4) is 17.0 Å². The Hall–Kier alpha value is -4.46. The number of hydrogen-bond acceptors (Lipinski definition) is 5. The summed E-state index contributed by atoms with van der Waals surface area (Å²) in [4.78, 5) is 29.1. The third-order valence-electron chi connectivity index (χ3n) is 4.64. The van der Waals surface area contributed by atoms with Crippen molar-refractivity contribution in [1.29, 1.82) is 0 Å². The Morgan fingerprint density at radius 3 is 2.71 bits per heavy atom. The molecule has 0 aliphatic rings. The van der Waals surface area contributed by atoms with Gasteiger partial charge in [-0.05, 0) is 42.5 Å². The van der Waals surface area contributed by atoms with Gasteiger partial charge in [0.15, 0.2) is 11.5 Å². The molecule has 4 aromatic rings. The van der Waals surface area contributed by atoms with E-state index in [9.17, 15) is 9.59 Å². The van der Waals surface area contributed by atoms with Crippen molar-refractivity contribution in [3.05, 3.63) is 78.9 Å².